The summed E-state index contributed by atoms with van der Waals surface area (Å²) in [5, 5.41) is 0. The van der Waals surface area contributed by atoms with E-state index in [4.69, 9.17) is 0 Å². The van der Waals surface area contributed by atoms with E-state index in [0.717, 1.165) is 0 Å². The van der Waals surface area contributed by atoms with Crippen LogP contribution in [-0.4, -0.2) is 0 Å². The molecule has 0 N–H and O–H groups in total. The minimum atomic E-state index is 0.583. The molecule has 1 rings (SSSR count). The van der Waals surface area contributed by atoms with Gasteiger partial charge in [0, 0.05) is 0 Å². The van der Waals surface area contributed by atoms with Crippen LogP contribution in [0.15, 0.2) is 0 Å². The molecule has 0 spiro atoms. The van der Waals surface area contributed by atoms with Crippen LogP contribution in [0.4, 0.5) is 0 Å². The zero-order valence-electron chi connectivity index (χ0n) is 5.07. The fourth-order valence-electron chi connectivity index (χ4n) is 0.888. The van der Waals surface area contributed by atoms with Gasteiger partial charge < -0.3 is 0 Å². The van der Waals surface area contributed by atoms with Gasteiger partial charge in [-0.05, 0) is 31.1 Å². The van der Waals surface area contributed by atoms with Gasteiger partial charge in [-0.2, -0.15) is 0 Å². The van der Waals surface area contributed by atoms with Crippen LogP contribution in [-0.2, 0) is 0 Å². The lowest BCUT2D eigenvalue weighted by Gasteiger charge is -2.03. The number of hydrogen-bond acceptors (Lipinski definition) is 0. The molecule has 2 radical (unpaired) electrons. The van der Waals surface area contributed by atoms with Crippen molar-refractivity contribution in [3.8, 4) is 0 Å². The molecule has 0 heterocycles. The van der Waals surface area contributed by atoms with Gasteiger partial charge in [0.1, 0.15) is 0 Å². The molecule has 1 aliphatic rings. The van der Waals surface area contributed by atoms with Gasteiger partial charge in [0.2, 0.25) is 0 Å². The molecule has 0 nitrogen and oxygen atoms in total. The SMILES string of the molecule is C[CH]C1([CH]C)CC1. The van der Waals surface area contributed by atoms with Crippen LogP contribution in [0.1, 0.15) is 26.7 Å². The van der Waals surface area contributed by atoms with E-state index in [0.29, 0.717) is 5.41 Å². The predicted molar refractivity (Wildman–Crippen MR) is 31.6 cm³/mol. The molecule has 0 amide bonds. The second kappa shape index (κ2) is 1.50. The normalized spacial score (nSPS) is 24.9. The quantitative estimate of drug-likeness (QED) is 0.494. The highest BCUT2D eigenvalue weighted by molar-refractivity contribution is 5.08. The van der Waals surface area contributed by atoms with Crippen molar-refractivity contribution in [2.45, 2.75) is 26.7 Å². The van der Waals surface area contributed by atoms with Gasteiger partial charge in [-0.3, -0.25) is 0 Å². The van der Waals surface area contributed by atoms with Gasteiger partial charge >= 0.3 is 0 Å². The molecule has 0 aromatic rings. The van der Waals surface area contributed by atoms with Gasteiger partial charge in [-0.1, -0.05) is 13.8 Å². The summed E-state index contributed by atoms with van der Waals surface area (Å²) >= 11 is 0. The van der Waals surface area contributed by atoms with Gasteiger partial charge in [-0.15, -0.1) is 0 Å². The van der Waals surface area contributed by atoms with Crippen molar-refractivity contribution in [1.29, 1.82) is 0 Å². The average molecular weight is 96.2 g/mol. The molecule has 1 aliphatic carbocycles. The molecule has 40 valence electrons. The lowest BCUT2D eigenvalue weighted by Crippen LogP contribution is -1.94. The standard InChI is InChI=1S/C7H12/c1-3-7(4-2)5-6-7/h3-4H,5-6H2,1-2H3. The summed E-state index contributed by atoms with van der Waals surface area (Å²) < 4.78 is 0. The summed E-state index contributed by atoms with van der Waals surface area (Å²) in [5.41, 5.74) is 0.583. The maximum Gasteiger partial charge on any atom is -0.0240 e. The van der Waals surface area contributed by atoms with Gasteiger partial charge in [-0.25, -0.2) is 0 Å². The van der Waals surface area contributed by atoms with Crippen LogP contribution in [0.2, 0.25) is 0 Å². The third kappa shape index (κ3) is 0.793. The van der Waals surface area contributed by atoms with E-state index in [2.05, 4.69) is 26.7 Å². The van der Waals surface area contributed by atoms with Crippen molar-refractivity contribution in [1.82, 2.24) is 0 Å². The summed E-state index contributed by atoms with van der Waals surface area (Å²) in [6.07, 6.45) is 7.38. The van der Waals surface area contributed by atoms with Crippen LogP contribution in [0.3, 0.4) is 0 Å². The molecule has 1 saturated carbocycles. The Bertz CT molecular complexity index is 54.4. The molecule has 7 heavy (non-hydrogen) atoms. The largest absolute Gasteiger partial charge is 0.0617 e. The van der Waals surface area contributed by atoms with Crippen LogP contribution in [0, 0.1) is 18.3 Å². The summed E-state index contributed by atoms with van der Waals surface area (Å²) in [7, 11) is 0. The molecular weight excluding hydrogens is 84.1 g/mol. The van der Waals surface area contributed by atoms with E-state index >= 15 is 0 Å². The van der Waals surface area contributed by atoms with Crippen LogP contribution in [0.5, 0.6) is 0 Å². The Morgan fingerprint density at radius 3 is 1.57 bits per heavy atom. The number of rotatable bonds is 2. The summed E-state index contributed by atoms with van der Waals surface area (Å²) in [5.74, 6) is 0. The Labute approximate surface area is 45.9 Å². The third-order valence-electron chi connectivity index (χ3n) is 1.98. The molecule has 0 aromatic carbocycles. The highest BCUT2D eigenvalue weighted by atomic mass is 14.4. The fraction of sp³-hybridized carbons (Fsp3) is 0.714. The van der Waals surface area contributed by atoms with Crippen molar-refractivity contribution in [2.75, 3.05) is 0 Å². The van der Waals surface area contributed by atoms with Crippen LogP contribution >= 0.6 is 0 Å². The van der Waals surface area contributed by atoms with E-state index in [1.165, 1.54) is 12.8 Å². The Morgan fingerprint density at radius 1 is 1.14 bits per heavy atom. The number of hydrogen-bond donors (Lipinski definition) is 0. The monoisotopic (exact) mass is 96.1 g/mol. The average Bonchev–Trinajstić information content (AvgIpc) is 2.46. The Morgan fingerprint density at radius 2 is 1.57 bits per heavy atom. The first-order valence-corrected chi connectivity index (χ1v) is 2.94. The molecule has 0 aromatic heterocycles. The van der Waals surface area contributed by atoms with Crippen molar-refractivity contribution in [3.63, 3.8) is 0 Å². The Hall–Kier alpha value is 0. The van der Waals surface area contributed by atoms with E-state index < -0.39 is 0 Å². The first kappa shape index (κ1) is 5.14. The van der Waals surface area contributed by atoms with Crippen molar-refractivity contribution in [3.05, 3.63) is 12.8 Å². The second-order valence-corrected chi connectivity index (χ2v) is 2.31. The highest BCUT2D eigenvalue weighted by Gasteiger charge is 2.38. The first-order valence-electron chi connectivity index (χ1n) is 2.94. The van der Waals surface area contributed by atoms with Gasteiger partial charge in [0.25, 0.3) is 0 Å². The summed E-state index contributed by atoms with van der Waals surface area (Å²) in [6.45, 7) is 4.29. The molecule has 0 atom stereocenters. The van der Waals surface area contributed by atoms with Crippen molar-refractivity contribution in [2.24, 2.45) is 5.41 Å². The zero-order valence-corrected chi connectivity index (χ0v) is 5.07. The van der Waals surface area contributed by atoms with Gasteiger partial charge in [0.15, 0.2) is 0 Å². The van der Waals surface area contributed by atoms with Crippen LogP contribution < -0.4 is 0 Å². The molecular formula is C7H12. The second-order valence-electron chi connectivity index (χ2n) is 2.31. The predicted octanol–water partition coefficient (Wildman–Crippen LogP) is 2.21. The summed E-state index contributed by atoms with van der Waals surface area (Å²) in [6, 6.07) is 0. The van der Waals surface area contributed by atoms with E-state index in [9.17, 15) is 0 Å². The third-order valence-corrected chi connectivity index (χ3v) is 1.98. The Kier molecular flexibility index (Phi) is 1.10. The van der Waals surface area contributed by atoms with E-state index in [1.807, 2.05) is 0 Å². The maximum atomic E-state index is 2.30. The lowest BCUT2D eigenvalue weighted by molar-refractivity contribution is 0.708. The van der Waals surface area contributed by atoms with Crippen molar-refractivity contribution < 1.29 is 0 Å². The first-order chi connectivity index (χ1) is 3.33. The van der Waals surface area contributed by atoms with E-state index in [1.54, 1.807) is 0 Å². The summed E-state index contributed by atoms with van der Waals surface area (Å²) in [4.78, 5) is 0. The zero-order chi connectivity index (χ0) is 5.33. The molecule has 0 saturated heterocycles. The topological polar surface area (TPSA) is 0 Å². The molecule has 0 heteroatoms. The van der Waals surface area contributed by atoms with E-state index in [-0.39, 0.29) is 0 Å². The minimum absolute atomic E-state index is 0.583. The highest BCUT2D eigenvalue weighted by Crippen LogP contribution is 2.49. The maximum absolute atomic E-state index is 2.30. The van der Waals surface area contributed by atoms with Gasteiger partial charge in [0.05, 0.1) is 0 Å². The minimum Gasteiger partial charge on any atom is -0.0617 e. The molecule has 1 fully saturated rings. The molecule has 0 unspecified atom stereocenters. The smallest absolute Gasteiger partial charge is 0.0240 e. The molecule has 0 bridgehead atoms. The Balaban J connectivity index is 2.28. The fourth-order valence-corrected chi connectivity index (χ4v) is 0.888. The lowest BCUT2D eigenvalue weighted by atomic mass is 10.0. The molecule has 0 aliphatic heterocycles. The van der Waals surface area contributed by atoms with Crippen molar-refractivity contribution >= 4 is 0 Å². The van der Waals surface area contributed by atoms with Crippen LogP contribution in [0.25, 0.3) is 0 Å².